The van der Waals surface area contributed by atoms with Gasteiger partial charge in [0, 0.05) is 0 Å². The van der Waals surface area contributed by atoms with Crippen molar-refractivity contribution in [3.8, 4) is 0 Å². The van der Waals surface area contributed by atoms with Gasteiger partial charge in [-0.15, -0.1) is 0 Å². The predicted octanol–water partition coefficient (Wildman–Crippen LogP) is 4.95. The second kappa shape index (κ2) is 9.83. The fourth-order valence-corrected chi connectivity index (χ4v) is 1.46. The molecule has 1 unspecified atom stereocenters. The van der Waals surface area contributed by atoms with Gasteiger partial charge in [-0.2, -0.15) is 0 Å². The van der Waals surface area contributed by atoms with Crippen molar-refractivity contribution in [3.63, 3.8) is 0 Å². The smallest absolute Gasteiger partial charge is 0.0262 e. The Morgan fingerprint density at radius 2 is 1.69 bits per heavy atom. The van der Waals surface area contributed by atoms with E-state index >= 15 is 0 Å². The van der Waals surface area contributed by atoms with E-state index in [-0.39, 0.29) is 0 Å². The summed E-state index contributed by atoms with van der Waals surface area (Å²) in [6.45, 7) is 6.84. The molecule has 0 saturated carbocycles. The highest BCUT2D eigenvalue weighted by Crippen LogP contribution is 2.10. The maximum absolute atomic E-state index is 2.39. The van der Waals surface area contributed by atoms with Crippen LogP contribution in [0.1, 0.15) is 65.7 Å². The summed E-state index contributed by atoms with van der Waals surface area (Å²) in [5, 5.41) is 0. The van der Waals surface area contributed by atoms with E-state index in [9.17, 15) is 0 Å². The van der Waals surface area contributed by atoms with E-state index in [1.54, 1.807) is 0 Å². The van der Waals surface area contributed by atoms with Gasteiger partial charge in [-0.25, -0.2) is 0 Å². The van der Waals surface area contributed by atoms with Gasteiger partial charge in [-0.3, -0.25) is 0 Å². The molecule has 0 nitrogen and oxygen atoms in total. The Hall–Kier alpha value is -0.260. The number of allylic oxidation sites excluding steroid dienone is 2. The van der Waals surface area contributed by atoms with Crippen LogP contribution in [0.3, 0.4) is 0 Å². The third-order valence-electron chi connectivity index (χ3n) is 2.45. The zero-order valence-electron chi connectivity index (χ0n) is 9.68. The molecule has 0 heteroatoms. The second-order valence-corrected chi connectivity index (χ2v) is 4.04. The molecule has 0 saturated heterocycles. The van der Waals surface area contributed by atoms with Crippen LogP contribution in [-0.2, 0) is 0 Å². The molecule has 0 aliphatic heterocycles. The summed E-state index contributed by atoms with van der Waals surface area (Å²) in [4.78, 5) is 0. The van der Waals surface area contributed by atoms with Gasteiger partial charge in [-0.05, 0) is 25.2 Å². The van der Waals surface area contributed by atoms with E-state index in [4.69, 9.17) is 0 Å². The van der Waals surface area contributed by atoms with Gasteiger partial charge in [0.2, 0.25) is 0 Å². The molecule has 0 aromatic heterocycles. The van der Waals surface area contributed by atoms with Crippen LogP contribution in [0.4, 0.5) is 0 Å². The van der Waals surface area contributed by atoms with E-state index in [1.165, 1.54) is 44.9 Å². The van der Waals surface area contributed by atoms with Gasteiger partial charge in [0.1, 0.15) is 0 Å². The Morgan fingerprint density at radius 1 is 1.00 bits per heavy atom. The third kappa shape index (κ3) is 9.66. The van der Waals surface area contributed by atoms with E-state index in [2.05, 4.69) is 32.9 Å². The molecular formula is C13H26. The molecule has 0 amide bonds. The highest BCUT2D eigenvalue weighted by atomic mass is 14.0. The largest absolute Gasteiger partial charge is 0.0883 e. The molecule has 0 rings (SSSR count). The fraction of sp³-hybridized carbons (Fsp3) is 0.846. The molecular weight excluding hydrogens is 156 g/mol. The zero-order chi connectivity index (χ0) is 9.94. The van der Waals surface area contributed by atoms with Crippen molar-refractivity contribution < 1.29 is 0 Å². The molecule has 0 aliphatic carbocycles. The summed E-state index contributed by atoms with van der Waals surface area (Å²) >= 11 is 0. The lowest BCUT2D eigenvalue weighted by molar-refractivity contribution is 0.595. The van der Waals surface area contributed by atoms with E-state index in [1.807, 2.05) is 0 Å². The van der Waals surface area contributed by atoms with Crippen LogP contribution in [0.5, 0.6) is 0 Å². The predicted molar refractivity (Wildman–Crippen MR) is 62.0 cm³/mol. The van der Waals surface area contributed by atoms with Gasteiger partial charge < -0.3 is 0 Å². The van der Waals surface area contributed by atoms with Crippen LogP contribution >= 0.6 is 0 Å². The van der Waals surface area contributed by atoms with Crippen LogP contribution < -0.4 is 0 Å². The quantitative estimate of drug-likeness (QED) is 0.368. The number of rotatable bonds is 8. The van der Waals surface area contributed by atoms with Gasteiger partial charge in [-0.1, -0.05) is 58.6 Å². The summed E-state index contributed by atoms with van der Waals surface area (Å²) in [6.07, 6.45) is 14.2. The van der Waals surface area contributed by atoms with Gasteiger partial charge in [0.25, 0.3) is 0 Å². The lowest BCUT2D eigenvalue weighted by Crippen LogP contribution is -1.88. The van der Waals surface area contributed by atoms with Crippen molar-refractivity contribution in [2.45, 2.75) is 65.7 Å². The summed E-state index contributed by atoms with van der Waals surface area (Å²) in [6, 6.07) is 0. The number of unbranched alkanes of at least 4 members (excludes halogenated alkanes) is 4. The monoisotopic (exact) mass is 182 g/mol. The molecule has 1 atom stereocenters. The average Bonchev–Trinajstić information content (AvgIpc) is 2.14. The van der Waals surface area contributed by atoms with Crippen LogP contribution in [-0.4, -0.2) is 0 Å². The van der Waals surface area contributed by atoms with Crippen molar-refractivity contribution in [1.82, 2.24) is 0 Å². The zero-order valence-corrected chi connectivity index (χ0v) is 9.68. The minimum atomic E-state index is 0.793. The summed E-state index contributed by atoms with van der Waals surface area (Å²) in [7, 11) is 0. The van der Waals surface area contributed by atoms with Crippen molar-refractivity contribution >= 4 is 0 Å². The molecule has 78 valence electrons. The minimum absolute atomic E-state index is 0.793. The Kier molecular flexibility index (Phi) is 9.63. The molecule has 0 aromatic rings. The van der Waals surface area contributed by atoms with Gasteiger partial charge in [0.15, 0.2) is 0 Å². The van der Waals surface area contributed by atoms with E-state index in [0.717, 1.165) is 5.92 Å². The lowest BCUT2D eigenvalue weighted by Gasteiger charge is -2.03. The first kappa shape index (κ1) is 12.7. The molecule has 0 aromatic carbocycles. The molecule has 0 bridgehead atoms. The lowest BCUT2D eigenvalue weighted by atomic mass is 10.0. The molecule has 0 aliphatic rings. The summed E-state index contributed by atoms with van der Waals surface area (Å²) in [5.74, 6) is 0.793. The van der Waals surface area contributed by atoms with E-state index < -0.39 is 0 Å². The van der Waals surface area contributed by atoms with Crippen LogP contribution in [0.15, 0.2) is 12.2 Å². The normalized spacial score (nSPS) is 13.8. The topological polar surface area (TPSA) is 0 Å². The highest BCUT2D eigenvalue weighted by molar-refractivity contribution is 4.86. The first-order valence-corrected chi connectivity index (χ1v) is 5.97. The maximum Gasteiger partial charge on any atom is -0.0262 e. The Labute approximate surface area is 84.4 Å². The highest BCUT2D eigenvalue weighted by Gasteiger charge is 1.94. The van der Waals surface area contributed by atoms with Crippen molar-refractivity contribution in [3.05, 3.63) is 12.2 Å². The molecule has 0 spiro atoms. The minimum Gasteiger partial charge on any atom is -0.0883 e. The van der Waals surface area contributed by atoms with Crippen LogP contribution in [0.2, 0.25) is 0 Å². The Morgan fingerprint density at radius 3 is 2.31 bits per heavy atom. The average molecular weight is 182 g/mol. The standard InChI is InChI=1S/C13H26/c1-4-6-8-9-10-12-13(3)11-7-5-2/h10,12-13H,4-9,11H2,1-3H3. The van der Waals surface area contributed by atoms with Crippen molar-refractivity contribution in [2.24, 2.45) is 5.92 Å². The van der Waals surface area contributed by atoms with Gasteiger partial charge in [0.05, 0.1) is 0 Å². The second-order valence-electron chi connectivity index (χ2n) is 4.04. The molecule has 0 N–H and O–H groups in total. The summed E-state index contributed by atoms with van der Waals surface area (Å²) in [5.41, 5.74) is 0. The molecule has 13 heavy (non-hydrogen) atoms. The Balaban J connectivity index is 3.25. The van der Waals surface area contributed by atoms with Crippen LogP contribution in [0, 0.1) is 5.92 Å². The van der Waals surface area contributed by atoms with Crippen molar-refractivity contribution in [2.75, 3.05) is 0 Å². The first-order valence-electron chi connectivity index (χ1n) is 5.97. The molecule has 0 radical (unpaired) electrons. The SMILES string of the molecule is CCCCCC=CC(C)CCCC. The van der Waals surface area contributed by atoms with E-state index in [0.29, 0.717) is 0 Å². The maximum atomic E-state index is 2.39. The third-order valence-corrected chi connectivity index (χ3v) is 2.45. The fourth-order valence-electron chi connectivity index (χ4n) is 1.46. The van der Waals surface area contributed by atoms with Crippen LogP contribution in [0.25, 0.3) is 0 Å². The first-order chi connectivity index (χ1) is 6.31. The number of hydrogen-bond acceptors (Lipinski definition) is 0. The Bertz CT molecular complexity index is 113. The summed E-state index contributed by atoms with van der Waals surface area (Å²) < 4.78 is 0. The molecule has 0 fully saturated rings. The number of hydrogen-bond donors (Lipinski definition) is 0. The van der Waals surface area contributed by atoms with Gasteiger partial charge >= 0.3 is 0 Å². The van der Waals surface area contributed by atoms with Crippen molar-refractivity contribution in [1.29, 1.82) is 0 Å². The molecule has 0 heterocycles.